The number of aromatic nitrogens is 1. The molecule has 3 rings (SSSR count). The van der Waals surface area contributed by atoms with Gasteiger partial charge in [-0.1, -0.05) is 18.2 Å². The molecule has 1 aliphatic heterocycles. The standard InChI is InChI=1S/C13H9N3O4S/c17-8(18)5-16-7-4-2-1-3-6(7)9(12(16)20)10-11(19)15-13(21)14-10/h1-4,20H,5H2,(H,17,18)(H,15,19,21). The number of benzene rings is 1. The van der Waals surface area contributed by atoms with Crippen molar-refractivity contribution in [2.75, 3.05) is 0 Å². The maximum Gasteiger partial charge on any atom is 0.323 e. The zero-order valence-corrected chi connectivity index (χ0v) is 11.3. The van der Waals surface area contributed by atoms with Gasteiger partial charge in [0, 0.05) is 5.39 Å². The molecule has 2 heterocycles. The Hall–Kier alpha value is -2.74. The third-order valence-electron chi connectivity index (χ3n) is 3.12. The van der Waals surface area contributed by atoms with E-state index in [1.54, 1.807) is 24.3 Å². The van der Waals surface area contributed by atoms with Crippen LogP contribution >= 0.6 is 12.2 Å². The number of carboxylic acid groups (broad SMARTS) is 1. The van der Waals surface area contributed by atoms with Crippen molar-refractivity contribution in [2.45, 2.75) is 6.54 Å². The van der Waals surface area contributed by atoms with Crippen LogP contribution < -0.4 is 5.32 Å². The van der Waals surface area contributed by atoms with Crippen molar-refractivity contribution in [2.24, 2.45) is 4.99 Å². The smallest absolute Gasteiger partial charge is 0.323 e. The van der Waals surface area contributed by atoms with E-state index < -0.39 is 18.4 Å². The Morgan fingerprint density at radius 2 is 2.10 bits per heavy atom. The molecule has 0 spiro atoms. The van der Waals surface area contributed by atoms with Crippen LogP contribution in [0.2, 0.25) is 0 Å². The van der Waals surface area contributed by atoms with Gasteiger partial charge < -0.3 is 14.8 Å². The molecule has 0 unspecified atom stereocenters. The number of hydrogen-bond donors (Lipinski definition) is 3. The number of rotatable bonds is 3. The average molecular weight is 303 g/mol. The largest absolute Gasteiger partial charge is 0.494 e. The highest BCUT2D eigenvalue weighted by molar-refractivity contribution is 7.80. The van der Waals surface area contributed by atoms with E-state index in [2.05, 4.69) is 10.3 Å². The number of aliphatic imine (C=N–C) groups is 1. The molecule has 1 aliphatic rings. The first-order chi connectivity index (χ1) is 9.99. The summed E-state index contributed by atoms with van der Waals surface area (Å²) in [4.78, 5) is 26.7. The molecule has 1 aromatic heterocycles. The van der Waals surface area contributed by atoms with Crippen molar-refractivity contribution in [1.82, 2.24) is 9.88 Å². The summed E-state index contributed by atoms with van der Waals surface area (Å²) in [5.74, 6) is -1.95. The number of aliphatic carboxylic acids is 1. The summed E-state index contributed by atoms with van der Waals surface area (Å²) in [6.07, 6.45) is 0. The summed E-state index contributed by atoms with van der Waals surface area (Å²) in [7, 11) is 0. The van der Waals surface area contributed by atoms with E-state index in [-0.39, 0.29) is 22.3 Å². The summed E-state index contributed by atoms with van der Waals surface area (Å²) in [6.45, 7) is -0.425. The van der Waals surface area contributed by atoms with Gasteiger partial charge in [0.2, 0.25) is 11.0 Å². The topological polar surface area (TPSA) is 104 Å². The minimum atomic E-state index is -1.11. The van der Waals surface area contributed by atoms with Gasteiger partial charge in [-0.2, -0.15) is 0 Å². The molecule has 0 aliphatic carbocycles. The van der Waals surface area contributed by atoms with Crippen LogP contribution in [0.4, 0.5) is 0 Å². The number of carbonyl (C=O) groups excluding carboxylic acids is 1. The minimum Gasteiger partial charge on any atom is -0.494 e. The van der Waals surface area contributed by atoms with Crippen LogP contribution in [0.5, 0.6) is 5.88 Å². The molecule has 0 fully saturated rings. The maximum atomic E-state index is 11.8. The van der Waals surface area contributed by atoms with Crippen LogP contribution in [-0.2, 0) is 16.1 Å². The van der Waals surface area contributed by atoms with Crippen molar-refractivity contribution in [3.8, 4) is 5.88 Å². The summed E-state index contributed by atoms with van der Waals surface area (Å²) in [5, 5.41) is 22.2. The van der Waals surface area contributed by atoms with Crippen molar-refractivity contribution >= 4 is 45.8 Å². The Bertz CT molecular complexity index is 837. The molecule has 0 atom stereocenters. The second kappa shape index (κ2) is 4.67. The fourth-order valence-corrected chi connectivity index (χ4v) is 2.51. The molecule has 0 radical (unpaired) electrons. The van der Waals surface area contributed by atoms with Gasteiger partial charge in [0.05, 0.1) is 11.1 Å². The molecular formula is C13H9N3O4S. The third kappa shape index (κ3) is 2.05. The molecule has 3 N–H and O–H groups in total. The SMILES string of the molecule is O=C(O)Cn1c(O)c(C2=NC(=S)NC2=O)c2ccccc21. The number of thiocarbonyl (C=S) groups is 1. The normalized spacial score (nSPS) is 14.4. The van der Waals surface area contributed by atoms with Crippen LogP contribution in [0.15, 0.2) is 29.3 Å². The fourth-order valence-electron chi connectivity index (χ4n) is 2.32. The Kier molecular flexibility index (Phi) is 2.95. The number of fused-ring (bicyclic) bond motifs is 1. The lowest BCUT2D eigenvalue weighted by Crippen LogP contribution is -2.25. The molecule has 7 nitrogen and oxygen atoms in total. The van der Waals surface area contributed by atoms with Gasteiger partial charge in [0.15, 0.2) is 0 Å². The van der Waals surface area contributed by atoms with Crippen molar-refractivity contribution < 1.29 is 19.8 Å². The summed E-state index contributed by atoms with van der Waals surface area (Å²) in [6, 6.07) is 6.78. The fraction of sp³-hybridized carbons (Fsp3) is 0.0769. The predicted molar refractivity (Wildman–Crippen MR) is 78.5 cm³/mol. The molecule has 1 amide bonds. The van der Waals surface area contributed by atoms with Crippen molar-refractivity contribution in [1.29, 1.82) is 0 Å². The van der Waals surface area contributed by atoms with Crippen molar-refractivity contribution in [3.63, 3.8) is 0 Å². The molecule has 0 bridgehead atoms. The quantitative estimate of drug-likeness (QED) is 0.722. The first kappa shape index (κ1) is 13.3. The number of aromatic hydroxyl groups is 1. The number of nitrogens with one attached hydrogen (secondary N) is 1. The molecule has 8 heteroatoms. The minimum absolute atomic E-state index is 0.0159. The Morgan fingerprint density at radius 3 is 2.71 bits per heavy atom. The molecule has 106 valence electrons. The zero-order valence-electron chi connectivity index (χ0n) is 10.5. The first-order valence-electron chi connectivity index (χ1n) is 5.95. The number of nitrogens with zero attached hydrogens (tertiary/aromatic N) is 2. The first-order valence-corrected chi connectivity index (χ1v) is 6.36. The summed E-state index contributed by atoms with van der Waals surface area (Å²) >= 11 is 4.81. The molecule has 0 saturated carbocycles. The molecule has 0 saturated heterocycles. The molecule has 1 aromatic carbocycles. The van der Waals surface area contributed by atoms with E-state index in [4.69, 9.17) is 17.3 Å². The van der Waals surface area contributed by atoms with Gasteiger partial charge in [0.25, 0.3) is 5.91 Å². The van der Waals surface area contributed by atoms with Crippen molar-refractivity contribution in [3.05, 3.63) is 29.8 Å². The van der Waals surface area contributed by atoms with Crippen LogP contribution in [0, 0.1) is 0 Å². The summed E-state index contributed by atoms with van der Waals surface area (Å²) in [5.41, 5.74) is 0.669. The van der Waals surface area contributed by atoms with E-state index in [0.29, 0.717) is 10.9 Å². The van der Waals surface area contributed by atoms with Crippen LogP contribution in [-0.4, -0.2) is 37.5 Å². The van der Waals surface area contributed by atoms with Gasteiger partial charge >= 0.3 is 5.97 Å². The Balaban J connectivity index is 2.31. The number of carboxylic acids is 1. The lowest BCUT2D eigenvalue weighted by atomic mass is 10.1. The number of para-hydroxylation sites is 1. The van der Waals surface area contributed by atoms with Gasteiger partial charge in [-0.25, -0.2) is 4.99 Å². The monoisotopic (exact) mass is 303 g/mol. The van der Waals surface area contributed by atoms with Crippen LogP contribution in [0.3, 0.4) is 0 Å². The van der Waals surface area contributed by atoms with Gasteiger partial charge in [-0.3, -0.25) is 14.9 Å². The van der Waals surface area contributed by atoms with E-state index in [1.807, 2.05) is 0 Å². The number of amides is 1. The van der Waals surface area contributed by atoms with Gasteiger partial charge in [-0.15, -0.1) is 0 Å². The van der Waals surface area contributed by atoms with Gasteiger partial charge in [-0.05, 0) is 18.3 Å². The highest BCUT2D eigenvalue weighted by atomic mass is 32.1. The number of carbonyl (C=O) groups is 2. The highest BCUT2D eigenvalue weighted by Crippen LogP contribution is 2.32. The van der Waals surface area contributed by atoms with Crippen LogP contribution in [0.25, 0.3) is 10.9 Å². The van der Waals surface area contributed by atoms with Crippen LogP contribution in [0.1, 0.15) is 5.56 Å². The lowest BCUT2D eigenvalue weighted by molar-refractivity contribution is -0.137. The van der Waals surface area contributed by atoms with E-state index >= 15 is 0 Å². The Labute approximate surface area is 123 Å². The molecule has 21 heavy (non-hydrogen) atoms. The second-order valence-electron chi connectivity index (χ2n) is 4.42. The highest BCUT2D eigenvalue weighted by Gasteiger charge is 2.29. The number of hydrogen-bond acceptors (Lipinski definition) is 4. The predicted octanol–water partition coefficient (Wildman–Crippen LogP) is 0.635. The maximum absolute atomic E-state index is 11.8. The van der Waals surface area contributed by atoms with E-state index in [9.17, 15) is 14.7 Å². The van der Waals surface area contributed by atoms with E-state index in [1.165, 1.54) is 4.57 Å². The molecule has 2 aromatic rings. The third-order valence-corrected chi connectivity index (χ3v) is 3.32. The summed E-state index contributed by atoms with van der Waals surface area (Å²) < 4.78 is 1.21. The second-order valence-corrected chi connectivity index (χ2v) is 4.80. The van der Waals surface area contributed by atoms with Gasteiger partial charge in [0.1, 0.15) is 12.3 Å². The molecular weight excluding hydrogens is 294 g/mol. The zero-order chi connectivity index (χ0) is 15.1. The Morgan fingerprint density at radius 1 is 1.38 bits per heavy atom. The van der Waals surface area contributed by atoms with E-state index in [0.717, 1.165) is 0 Å². The lowest BCUT2D eigenvalue weighted by Gasteiger charge is -2.03. The average Bonchev–Trinajstić information content (AvgIpc) is 2.88.